The molecule has 0 heterocycles. The molecule has 0 atom stereocenters. The van der Waals surface area contributed by atoms with E-state index in [1.165, 1.54) is 31.8 Å². The van der Waals surface area contributed by atoms with Gasteiger partial charge in [-0.05, 0) is 20.8 Å². The van der Waals surface area contributed by atoms with Crippen molar-refractivity contribution >= 4 is 6.01 Å². The van der Waals surface area contributed by atoms with Crippen molar-refractivity contribution in [3.63, 3.8) is 0 Å². The van der Waals surface area contributed by atoms with Crippen LogP contribution < -0.4 is 0 Å². The van der Waals surface area contributed by atoms with Crippen molar-refractivity contribution in [1.29, 1.82) is 5.26 Å². The molecule has 0 saturated heterocycles. The Kier molecular flexibility index (Phi) is 11.8. The van der Waals surface area contributed by atoms with E-state index in [1.807, 2.05) is 0 Å². The van der Waals surface area contributed by atoms with Crippen LogP contribution in [0, 0.1) is 11.5 Å². The van der Waals surface area contributed by atoms with E-state index in [2.05, 4.69) is 25.8 Å². The first-order chi connectivity index (χ1) is 7.16. The van der Waals surface area contributed by atoms with Crippen LogP contribution in [-0.2, 0) is 4.74 Å². The molecule has 0 rings (SSSR count). The molecular weight excluding hydrogens is 192 g/mol. The fraction of sp³-hybridized carbons (Fsp3) is 0.800. The van der Waals surface area contributed by atoms with Crippen LogP contribution in [0.2, 0.25) is 0 Å². The summed E-state index contributed by atoms with van der Waals surface area (Å²) in [7, 11) is 1.77. The second-order valence-electron chi connectivity index (χ2n) is 3.02. The van der Waals surface area contributed by atoms with Gasteiger partial charge in [-0.3, -0.25) is 0 Å². The van der Waals surface area contributed by atoms with Gasteiger partial charge in [-0.1, -0.05) is 0 Å². The molecule has 0 radical (unpaired) electrons. The van der Waals surface area contributed by atoms with Gasteiger partial charge in [0.15, 0.2) is 6.73 Å². The molecule has 15 heavy (non-hydrogen) atoms. The summed E-state index contributed by atoms with van der Waals surface area (Å²) in [5, 5.41) is 14.9. The van der Waals surface area contributed by atoms with Gasteiger partial charge in [0, 0.05) is 7.11 Å². The summed E-state index contributed by atoms with van der Waals surface area (Å²) in [5.74, 6) is 0. The minimum absolute atomic E-state index is 0.851. The minimum atomic E-state index is 0.851. The largest absolute Gasteiger partial charge is 0.422 e. The van der Waals surface area contributed by atoms with Crippen LogP contribution in [-0.4, -0.2) is 44.0 Å². The molecule has 0 aromatic carbocycles. The Morgan fingerprint density at radius 3 is 1.80 bits per heavy atom. The van der Waals surface area contributed by atoms with E-state index >= 15 is 0 Å². The van der Waals surface area contributed by atoms with Crippen molar-refractivity contribution in [2.45, 2.75) is 20.8 Å². The Morgan fingerprint density at radius 2 is 1.73 bits per heavy atom. The molecule has 0 saturated carbocycles. The van der Waals surface area contributed by atoms with E-state index in [0.717, 1.165) is 11.2 Å². The van der Waals surface area contributed by atoms with E-state index in [0.29, 0.717) is 0 Å². The zero-order valence-corrected chi connectivity index (χ0v) is 10.0. The highest BCUT2D eigenvalue weighted by molar-refractivity contribution is 5.46. The average Bonchev–Trinajstić information content (AvgIpc) is 2.28. The van der Waals surface area contributed by atoms with Gasteiger partial charge in [0.25, 0.3) is 0 Å². The van der Waals surface area contributed by atoms with Crippen LogP contribution in [0.3, 0.4) is 0 Å². The van der Waals surface area contributed by atoms with E-state index in [-0.39, 0.29) is 0 Å². The Labute approximate surface area is 92.1 Å². The van der Waals surface area contributed by atoms with Crippen LogP contribution in [0.15, 0.2) is 4.99 Å². The Morgan fingerprint density at radius 1 is 1.27 bits per heavy atom. The zero-order chi connectivity index (χ0) is 12.2. The number of rotatable bonds is 5. The maximum atomic E-state index is 7.43. The quantitative estimate of drug-likeness (QED) is 0.301. The predicted octanol–water partition coefficient (Wildman–Crippen LogP) is 1.68. The molecule has 0 unspecified atom stereocenters. The summed E-state index contributed by atoms with van der Waals surface area (Å²) in [5.41, 5.74) is 0. The first-order valence-electron chi connectivity index (χ1n) is 4.98. The van der Waals surface area contributed by atoms with Crippen molar-refractivity contribution < 1.29 is 9.22 Å². The molecule has 0 aliphatic heterocycles. The number of nitrogens with zero attached hydrogens (tertiary/aromatic N) is 4. The van der Waals surface area contributed by atoms with Gasteiger partial charge < -0.3 is 19.6 Å². The molecular formula is C10H20N4O. The van der Waals surface area contributed by atoms with Gasteiger partial charge in [0.1, 0.15) is 0 Å². The van der Waals surface area contributed by atoms with Crippen LogP contribution >= 0.6 is 0 Å². The van der Waals surface area contributed by atoms with Crippen LogP contribution in [0.4, 0.5) is 0 Å². The normalized spacial score (nSPS) is 9.27. The third-order valence-corrected chi connectivity index (χ3v) is 2.52. The fourth-order valence-corrected chi connectivity index (χ4v) is 1.24. The van der Waals surface area contributed by atoms with Crippen LogP contribution in [0.5, 0.6) is 0 Å². The summed E-state index contributed by atoms with van der Waals surface area (Å²) in [4.78, 5) is 2.58. The standard InChI is InChI=1S/C8H20NO.C2N3/c1-5-9(6-2,7-3)8-10-4;3-1-5-2-4/h5-8H2,1-4H3;/q+1;-1. The van der Waals surface area contributed by atoms with Crippen molar-refractivity contribution in [3.8, 4) is 6.19 Å². The smallest absolute Gasteiger partial charge is 0.182 e. The number of hydrogen-bond donors (Lipinski definition) is 0. The lowest BCUT2D eigenvalue weighted by atomic mass is 10.4. The Hall–Kier alpha value is -1.21. The third-order valence-electron chi connectivity index (χ3n) is 2.52. The average molecular weight is 212 g/mol. The molecule has 0 aliphatic carbocycles. The predicted molar refractivity (Wildman–Crippen MR) is 60.2 cm³/mol. The van der Waals surface area contributed by atoms with Gasteiger partial charge in [-0.2, -0.15) is 5.26 Å². The number of nitriles is 1. The van der Waals surface area contributed by atoms with Gasteiger partial charge in [0.05, 0.1) is 25.8 Å². The Bertz CT molecular complexity index is 216. The van der Waals surface area contributed by atoms with Crippen molar-refractivity contribution in [2.24, 2.45) is 4.99 Å². The molecule has 0 aliphatic rings. The maximum Gasteiger partial charge on any atom is 0.182 e. The van der Waals surface area contributed by atoms with Crippen LogP contribution in [0.25, 0.3) is 5.41 Å². The topological polar surface area (TPSA) is 67.7 Å². The third kappa shape index (κ3) is 7.83. The number of aliphatic imine (C=N–C) groups is 1. The minimum Gasteiger partial charge on any atom is -0.422 e. The fourth-order valence-electron chi connectivity index (χ4n) is 1.24. The lowest BCUT2D eigenvalue weighted by Gasteiger charge is -2.34. The number of ether oxygens (including phenoxy) is 1. The molecule has 0 fully saturated rings. The number of hydrogen-bond acceptors (Lipinski definition) is 3. The van der Waals surface area contributed by atoms with Gasteiger partial charge >= 0.3 is 0 Å². The van der Waals surface area contributed by atoms with E-state index < -0.39 is 0 Å². The van der Waals surface area contributed by atoms with E-state index in [4.69, 9.17) is 15.4 Å². The van der Waals surface area contributed by atoms with Crippen molar-refractivity contribution in [2.75, 3.05) is 33.5 Å². The van der Waals surface area contributed by atoms with Gasteiger partial charge in [-0.25, -0.2) is 0 Å². The molecule has 0 aromatic heterocycles. The van der Waals surface area contributed by atoms with Gasteiger partial charge in [0.2, 0.25) is 0 Å². The van der Waals surface area contributed by atoms with E-state index in [9.17, 15) is 0 Å². The molecule has 0 amide bonds. The van der Waals surface area contributed by atoms with Crippen LogP contribution in [0.1, 0.15) is 20.8 Å². The molecule has 5 nitrogen and oxygen atoms in total. The molecule has 86 valence electrons. The first-order valence-corrected chi connectivity index (χ1v) is 4.98. The van der Waals surface area contributed by atoms with Crippen molar-refractivity contribution in [3.05, 3.63) is 5.41 Å². The Balaban J connectivity index is 0. The molecule has 0 bridgehead atoms. The summed E-state index contributed by atoms with van der Waals surface area (Å²) in [6.07, 6.45) is 1.28. The lowest BCUT2D eigenvalue weighted by Crippen LogP contribution is -2.48. The van der Waals surface area contributed by atoms with Gasteiger partial charge in [-0.15, -0.1) is 6.01 Å². The second kappa shape index (κ2) is 10.9. The SMILES string of the molecule is CC[N+](CC)(CC)COC.N#CN=C=[N-]. The summed E-state index contributed by atoms with van der Waals surface area (Å²) in [6.45, 7) is 11.0. The lowest BCUT2D eigenvalue weighted by molar-refractivity contribution is -0.940. The summed E-state index contributed by atoms with van der Waals surface area (Å²) >= 11 is 0. The molecule has 0 aromatic rings. The monoisotopic (exact) mass is 212 g/mol. The maximum absolute atomic E-state index is 7.43. The molecule has 0 N–H and O–H groups in total. The number of quaternary nitrogens is 1. The molecule has 5 heteroatoms. The highest BCUT2D eigenvalue weighted by atomic mass is 16.5. The zero-order valence-electron chi connectivity index (χ0n) is 10.0. The summed E-state index contributed by atoms with van der Waals surface area (Å²) < 4.78 is 6.23. The highest BCUT2D eigenvalue weighted by Crippen LogP contribution is 2.04. The summed E-state index contributed by atoms with van der Waals surface area (Å²) in [6, 6.07) is 1.28. The van der Waals surface area contributed by atoms with Crippen molar-refractivity contribution in [1.82, 2.24) is 0 Å². The second-order valence-corrected chi connectivity index (χ2v) is 3.02. The van der Waals surface area contributed by atoms with E-state index in [1.54, 1.807) is 7.11 Å². The highest BCUT2D eigenvalue weighted by Gasteiger charge is 2.19. The number of methoxy groups -OCH3 is 1. The molecule has 0 spiro atoms. The first kappa shape index (κ1) is 16.2.